The summed E-state index contributed by atoms with van der Waals surface area (Å²) in [4.78, 5) is 0. The van der Waals surface area contributed by atoms with Gasteiger partial charge in [-0.2, -0.15) is 13.2 Å². The van der Waals surface area contributed by atoms with Gasteiger partial charge in [0.15, 0.2) is 0 Å². The summed E-state index contributed by atoms with van der Waals surface area (Å²) in [5, 5.41) is 0. The van der Waals surface area contributed by atoms with Gasteiger partial charge in [-0.25, -0.2) is 0 Å². The van der Waals surface area contributed by atoms with E-state index in [1.807, 2.05) is 0 Å². The molecule has 0 aliphatic heterocycles. The van der Waals surface area contributed by atoms with Crippen LogP contribution in [0.4, 0.5) is 18.9 Å². The van der Waals surface area contributed by atoms with Crippen LogP contribution in [0.25, 0.3) is 0 Å². The molecule has 0 atom stereocenters. The molecular formula is C10H12F3NO2. The van der Waals surface area contributed by atoms with Crippen LogP contribution in [0, 0.1) is 0 Å². The first-order valence-corrected chi connectivity index (χ1v) is 4.49. The molecule has 1 aromatic rings. The smallest absolute Gasteiger partial charge is 0.411 e. The van der Waals surface area contributed by atoms with Crippen molar-refractivity contribution in [3.05, 3.63) is 23.8 Å². The third kappa shape index (κ3) is 3.98. The maximum atomic E-state index is 11.8. The average molecular weight is 235 g/mol. The number of alkyl halides is 3. The summed E-state index contributed by atoms with van der Waals surface area (Å²) in [5.41, 5.74) is 6.51. The Kier molecular flexibility index (Phi) is 4.00. The first kappa shape index (κ1) is 12.6. The van der Waals surface area contributed by atoms with E-state index in [-0.39, 0.29) is 6.61 Å². The number of ether oxygens (including phenoxy) is 2. The summed E-state index contributed by atoms with van der Waals surface area (Å²) in [6.45, 7) is -1.44. The zero-order valence-electron chi connectivity index (χ0n) is 8.67. The van der Waals surface area contributed by atoms with Gasteiger partial charge in [-0.15, -0.1) is 0 Å². The topological polar surface area (TPSA) is 44.5 Å². The molecule has 0 amide bonds. The molecule has 90 valence electrons. The summed E-state index contributed by atoms with van der Waals surface area (Å²) in [7, 11) is 1.42. The molecule has 2 N–H and O–H groups in total. The van der Waals surface area contributed by atoms with Crippen molar-refractivity contribution in [3.63, 3.8) is 0 Å². The monoisotopic (exact) mass is 235 g/mol. The van der Waals surface area contributed by atoms with E-state index in [1.54, 1.807) is 12.1 Å². The predicted octanol–water partition coefficient (Wildman–Crippen LogP) is 2.36. The predicted molar refractivity (Wildman–Crippen MR) is 53.1 cm³/mol. The van der Waals surface area contributed by atoms with E-state index in [4.69, 9.17) is 10.5 Å². The Bertz CT molecular complexity index is 352. The Hall–Kier alpha value is -1.43. The molecule has 0 aliphatic rings. The lowest BCUT2D eigenvalue weighted by molar-refractivity contribution is -0.176. The largest absolute Gasteiger partial charge is 0.496 e. The molecule has 1 aromatic carbocycles. The van der Waals surface area contributed by atoms with Gasteiger partial charge in [0.25, 0.3) is 0 Å². The van der Waals surface area contributed by atoms with Crippen LogP contribution < -0.4 is 10.5 Å². The van der Waals surface area contributed by atoms with E-state index in [0.29, 0.717) is 17.0 Å². The van der Waals surface area contributed by atoms with Crippen molar-refractivity contribution in [2.45, 2.75) is 12.8 Å². The number of anilines is 1. The highest BCUT2D eigenvalue weighted by atomic mass is 19.4. The molecule has 0 aromatic heterocycles. The second-order valence-electron chi connectivity index (χ2n) is 3.18. The van der Waals surface area contributed by atoms with Crippen LogP contribution in [0.2, 0.25) is 0 Å². The van der Waals surface area contributed by atoms with Gasteiger partial charge < -0.3 is 15.2 Å². The number of nitrogen functional groups attached to an aromatic ring is 1. The normalized spacial score (nSPS) is 11.5. The van der Waals surface area contributed by atoms with Crippen LogP contribution in [0.15, 0.2) is 18.2 Å². The van der Waals surface area contributed by atoms with Gasteiger partial charge in [0.2, 0.25) is 0 Å². The highest BCUT2D eigenvalue weighted by molar-refractivity contribution is 5.48. The summed E-state index contributed by atoms with van der Waals surface area (Å²) >= 11 is 0. The number of halogens is 3. The third-order valence-corrected chi connectivity index (χ3v) is 1.83. The summed E-state index contributed by atoms with van der Waals surface area (Å²) in [6.07, 6.45) is -4.32. The van der Waals surface area contributed by atoms with Gasteiger partial charge in [-0.3, -0.25) is 0 Å². The molecule has 0 aliphatic carbocycles. The molecule has 0 radical (unpaired) electrons. The Morgan fingerprint density at radius 1 is 1.31 bits per heavy atom. The van der Waals surface area contributed by atoms with Crippen molar-refractivity contribution in [3.8, 4) is 5.75 Å². The minimum Gasteiger partial charge on any atom is -0.496 e. The number of hydrogen-bond donors (Lipinski definition) is 1. The number of methoxy groups -OCH3 is 1. The highest BCUT2D eigenvalue weighted by Crippen LogP contribution is 2.23. The van der Waals surface area contributed by atoms with Crippen molar-refractivity contribution in [2.75, 3.05) is 19.5 Å². The number of hydrogen-bond acceptors (Lipinski definition) is 3. The van der Waals surface area contributed by atoms with E-state index in [2.05, 4.69) is 4.74 Å². The van der Waals surface area contributed by atoms with Crippen LogP contribution in [0.1, 0.15) is 5.56 Å². The van der Waals surface area contributed by atoms with Crippen molar-refractivity contribution < 1.29 is 22.6 Å². The lowest BCUT2D eigenvalue weighted by Gasteiger charge is -2.11. The van der Waals surface area contributed by atoms with E-state index in [1.165, 1.54) is 13.2 Å². The van der Waals surface area contributed by atoms with Gasteiger partial charge in [0, 0.05) is 17.3 Å². The fourth-order valence-electron chi connectivity index (χ4n) is 1.16. The minimum absolute atomic E-state index is 0.164. The van der Waals surface area contributed by atoms with Crippen molar-refractivity contribution in [1.29, 1.82) is 0 Å². The molecule has 0 saturated carbocycles. The molecule has 0 spiro atoms. The molecular weight excluding hydrogens is 223 g/mol. The second-order valence-corrected chi connectivity index (χ2v) is 3.18. The van der Waals surface area contributed by atoms with Crippen molar-refractivity contribution >= 4 is 5.69 Å². The Morgan fingerprint density at radius 2 is 2.00 bits per heavy atom. The molecule has 0 saturated heterocycles. The van der Waals surface area contributed by atoms with Gasteiger partial charge in [-0.1, -0.05) is 6.07 Å². The van der Waals surface area contributed by atoms with E-state index < -0.39 is 12.8 Å². The lowest BCUT2D eigenvalue weighted by Crippen LogP contribution is -2.16. The van der Waals surface area contributed by atoms with E-state index in [0.717, 1.165) is 0 Å². The number of nitrogens with two attached hydrogens (primary N) is 1. The van der Waals surface area contributed by atoms with E-state index >= 15 is 0 Å². The zero-order valence-corrected chi connectivity index (χ0v) is 8.67. The van der Waals surface area contributed by atoms with Gasteiger partial charge in [-0.05, 0) is 6.07 Å². The first-order chi connectivity index (χ1) is 7.42. The van der Waals surface area contributed by atoms with Crippen LogP contribution in [0.5, 0.6) is 5.75 Å². The first-order valence-electron chi connectivity index (χ1n) is 4.49. The highest BCUT2D eigenvalue weighted by Gasteiger charge is 2.27. The Labute approximate surface area is 91.0 Å². The standard InChI is InChI=1S/C10H12F3NO2/c1-15-9-4-8(14)3-2-7(9)5-16-6-10(11,12)13/h2-4H,5-6,14H2,1H3. The van der Waals surface area contributed by atoms with Crippen LogP contribution in [0.3, 0.4) is 0 Å². The van der Waals surface area contributed by atoms with Gasteiger partial charge in [0.05, 0.1) is 13.7 Å². The third-order valence-electron chi connectivity index (χ3n) is 1.83. The number of benzene rings is 1. The molecule has 1 rings (SSSR count). The Balaban J connectivity index is 2.60. The summed E-state index contributed by atoms with van der Waals surface area (Å²) in [5.74, 6) is 0.419. The molecule has 6 heteroatoms. The van der Waals surface area contributed by atoms with E-state index in [9.17, 15) is 13.2 Å². The molecule has 16 heavy (non-hydrogen) atoms. The minimum atomic E-state index is -4.32. The lowest BCUT2D eigenvalue weighted by atomic mass is 10.2. The average Bonchev–Trinajstić information content (AvgIpc) is 2.18. The molecule has 3 nitrogen and oxygen atoms in total. The van der Waals surface area contributed by atoms with Crippen LogP contribution in [-0.4, -0.2) is 19.9 Å². The van der Waals surface area contributed by atoms with Crippen molar-refractivity contribution in [1.82, 2.24) is 0 Å². The van der Waals surface area contributed by atoms with Crippen LogP contribution >= 0.6 is 0 Å². The molecule has 0 bridgehead atoms. The maximum absolute atomic E-state index is 11.8. The second kappa shape index (κ2) is 5.07. The number of rotatable bonds is 4. The zero-order chi connectivity index (χ0) is 12.2. The summed E-state index contributed by atoms with van der Waals surface area (Å²) < 4.78 is 45.0. The molecule has 0 fully saturated rings. The van der Waals surface area contributed by atoms with Gasteiger partial charge >= 0.3 is 6.18 Å². The SMILES string of the molecule is COc1cc(N)ccc1COCC(F)(F)F. The van der Waals surface area contributed by atoms with Crippen molar-refractivity contribution in [2.24, 2.45) is 0 Å². The van der Waals surface area contributed by atoms with Gasteiger partial charge in [0.1, 0.15) is 12.4 Å². The fraction of sp³-hybridized carbons (Fsp3) is 0.400. The summed E-state index contributed by atoms with van der Waals surface area (Å²) in [6, 6.07) is 4.69. The maximum Gasteiger partial charge on any atom is 0.411 e. The Morgan fingerprint density at radius 3 is 2.56 bits per heavy atom. The van der Waals surface area contributed by atoms with Crippen LogP contribution in [-0.2, 0) is 11.3 Å². The quantitative estimate of drug-likeness (QED) is 0.815. The molecule has 0 heterocycles. The molecule has 0 unspecified atom stereocenters. The fourth-order valence-corrected chi connectivity index (χ4v) is 1.16.